The van der Waals surface area contributed by atoms with Gasteiger partial charge in [-0.1, -0.05) is 30.3 Å². The van der Waals surface area contributed by atoms with Gasteiger partial charge < -0.3 is 0 Å². The number of aliphatic imine (C=N–C) groups is 1. The Morgan fingerprint density at radius 2 is 2.16 bits per heavy atom. The van der Waals surface area contributed by atoms with Gasteiger partial charge in [0.25, 0.3) is 0 Å². The van der Waals surface area contributed by atoms with Gasteiger partial charge in [0.2, 0.25) is 5.28 Å². The Hall–Kier alpha value is -2.00. The second-order valence-electron chi connectivity index (χ2n) is 4.35. The monoisotopic (exact) mass is 269 g/mol. The zero-order chi connectivity index (χ0) is 13.1. The molecule has 19 heavy (non-hydrogen) atoms. The van der Waals surface area contributed by atoms with Gasteiger partial charge in [0.15, 0.2) is 0 Å². The lowest BCUT2D eigenvalue weighted by Crippen LogP contribution is -1.95. The third kappa shape index (κ3) is 2.88. The van der Waals surface area contributed by atoms with Crippen molar-refractivity contribution in [1.82, 2.24) is 9.97 Å². The molecule has 0 saturated heterocycles. The molecular formula is C15H12ClN3. The van der Waals surface area contributed by atoms with Crippen LogP contribution in [-0.4, -0.2) is 22.7 Å². The maximum absolute atomic E-state index is 5.80. The largest absolute Gasteiger partial charge is 0.288 e. The van der Waals surface area contributed by atoms with Crippen LogP contribution in [0, 0.1) is 0 Å². The first-order valence-electron chi connectivity index (χ1n) is 6.08. The van der Waals surface area contributed by atoms with E-state index in [1.165, 1.54) is 16.7 Å². The van der Waals surface area contributed by atoms with E-state index in [1.807, 2.05) is 12.3 Å². The molecule has 3 nitrogen and oxygen atoms in total. The standard InChI is InChI=1S/C15H12ClN3/c16-15-18-7-5-14(19-15)9-11-2-1-3-12(8-11)13-4-6-17-10-13/h1-5,7-8,10H,6,9H2. The molecule has 2 heterocycles. The molecule has 0 aliphatic carbocycles. The van der Waals surface area contributed by atoms with Crippen LogP contribution in [0.5, 0.6) is 0 Å². The van der Waals surface area contributed by atoms with E-state index < -0.39 is 0 Å². The fraction of sp³-hybridized carbons (Fsp3) is 0.133. The van der Waals surface area contributed by atoms with E-state index in [0.717, 1.165) is 18.7 Å². The summed E-state index contributed by atoms with van der Waals surface area (Å²) in [4.78, 5) is 12.3. The molecule has 0 bridgehead atoms. The van der Waals surface area contributed by atoms with Crippen LogP contribution in [0.3, 0.4) is 0 Å². The minimum Gasteiger partial charge on any atom is -0.288 e. The van der Waals surface area contributed by atoms with Gasteiger partial charge in [-0.3, -0.25) is 4.99 Å². The molecule has 0 spiro atoms. The molecule has 0 fully saturated rings. The predicted molar refractivity (Wildman–Crippen MR) is 77.6 cm³/mol. The minimum atomic E-state index is 0.291. The molecule has 0 unspecified atom stereocenters. The molecule has 0 saturated carbocycles. The van der Waals surface area contributed by atoms with Gasteiger partial charge in [0, 0.05) is 24.5 Å². The van der Waals surface area contributed by atoms with Crippen LogP contribution >= 0.6 is 11.6 Å². The number of hydrogen-bond donors (Lipinski definition) is 0. The first kappa shape index (κ1) is 12.1. The molecule has 0 N–H and O–H groups in total. The summed E-state index contributed by atoms with van der Waals surface area (Å²) in [5, 5.41) is 0.291. The van der Waals surface area contributed by atoms with E-state index in [1.54, 1.807) is 6.20 Å². The molecular weight excluding hydrogens is 258 g/mol. The van der Waals surface area contributed by atoms with Crippen molar-refractivity contribution < 1.29 is 0 Å². The molecule has 2 aromatic rings. The lowest BCUT2D eigenvalue weighted by molar-refractivity contribution is 1.03. The van der Waals surface area contributed by atoms with Crippen molar-refractivity contribution in [3.8, 4) is 0 Å². The number of nitrogens with zero attached hydrogens (tertiary/aromatic N) is 3. The van der Waals surface area contributed by atoms with Crippen molar-refractivity contribution in [3.63, 3.8) is 0 Å². The van der Waals surface area contributed by atoms with Gasteiger partial charge in [-0.05, 0) is 34.4 Å². The topological polar surface area (TPSA) is 38.1 Å². The predicted octanol–water partition coefficient (Wildman–Crippen LogP) is 3.19. The minimum absolute atomic E-state index is 0.291. The highest BCUT2D eigenvalue weighted by atomic mass is 35.5. The molecule has 94 valence electrons. The molecule has 0 radical (unpaired) electrons. The van der Waals surface area contributed by atoms with Crippen molar-refractivity contribution in [2.45, 2.75) is 6.42 Å². The Morgan fingerprint density at radius 1 is 1.21 bits per heavy atom. The molecule has 3 rings (SSSR count). The summed E-state index contributed by atoms with van der Waals surface area (Å²) in [5.41, 5.74) is 4.50. The number of allylic oxidation sites excluding steroid dienone is 1. The number of benzene rings is 1. The van der Waals surface area contributed by atoms with Gasteiger partial charge >= 0.3 is 0 Å². The van der Waals surface area contributed by atoms with Crippen LogP contribution in [0.25, 0.3) is 5.57 Å². The van der Waals surface area contributed by atoms with Crippen molar-refractivity contribution in [1.29, 1.82) is 0 Å². The summed E-state index contributed by atoms with van der Waals surface area (Å²) >= 11 is 5.80. The van der Waals surface area contributed by atoms with Gasteiger partial charge in [0.05, 0.1) is 6.54 Å². The fourth-order valence-electron chi connectivity index (χ4n) is 2.09. The number of hydrogen-bond acceptors (Lipinski definition) is 3. The number of aromatic nitrogens is 2. The van der Waals surface area contributed by atoms with Crippen molar-refractivity contribution >= 4 is 23.4 Å². The Balaban J connectivity index is 1.85. The average molecular weight is 270 g/mol. The second kappa shape index (κ2) is 5.33. The van der Waals surface area contributed by atoms with Crippen molar-refractivity contribution in [3.05, 3.63) is 64.7 Å². The van der Waals surface area contributed by atoms with Gasteiger partial charge in [-0.25, -0.2) is 9.97 Å². The fourth-order valence-corrected chi connectivity index (χ4v) is 2.25. The van der Waals surface area contributed by atoms with Crippen LogP contribution in [0.15, 0.2) is 47.6 Å². The highest BCUT2D eigenvalue weighted by Gasteiger charge is 2.05. The van der Waals surface area contributed by atoms with Gasteiger partial charge in [-0.2, -0.15) is 0 Å². The van der Waals surface area contributed by atoms with E-state index in [0.29, 0.717) is 5.28 Å². The molecule has 0 atom stereocenters. The van der Waals surface area contributed by atoms with Crippen LogP contribution < -0.4 is 0 Å². The highest BCUT2D eigenvalue weighted by Crippen LogP contribution is 2.18. The van der Waals surface area contributed by atoms with Gasteiger partial charge in [-0.15, -0.1) is 0 Å². The normalized spacial score (nSPS) is 13.6. The van der Waals surface area contributed by atoms with E-state index in [9.17, 15) is 0 Å². The smallest absolute Gasteiger partial charge is 0.222 e. The second-order valence-corrected chi connectivity index (χ2v) is 4.69. The summed E-state index contributed by atoms with van der Waals surface area (Å²) < 4.78 is 0. The lowest BCUT2D eigenvalue weighted by atomic mass is 10.0. The summed E-state index contributed by atoms with van der Waals surface area (Å²) in [6.07, 6.45) is 6.47. The van der Waals surface area contributed by atoms with Gasteiger partial charge in [0.1, 0.15) is 0 Å². The maximum atomic E-state index is 5.80. The lowest BCUT2D eigenvalue weighted by Gasteiger charge is -2.05. The molecule has 1 aromatic carbocycles. The van der Waals surface area contributed by atoms with E-state index in [2.05, 4.69) is 45.3 Å². The van der Waals surface area contributed by atoms with Crippen LogP contribution in [0.1, 0.15) is 16.8 Å². The third-order valence-corrected chi connectivity index (χ3v) is 3.16. The summed E-state index contributed by atoms with van der Waals surface area (Å²) in [6, 6.07) is 10.3. The zero-order valence-electron chi connectivity index (χ0n) is 10.3. The van der Waals surface area contributed by atoms with Crippen LogP contribution in [0.2, 0.25) is 5.28 Å². The SMILES string of the molecule is Clc1nccc(Cc2cccc(C3=CCN=C3)c2)n1. The van der Waals surface area contributed by atoms with Crippen molar-refractivity contribution in [2.75, 3.05) is 6.54 Å². The Kier molecular flexibility index (Phi) is 3.38. The van der Waals surface area contributed by atoms with Crippen LogP contribution in [-0.2, 0) is 6.42 Å². The maximum Gasteiger partial charge on any atom is 0.222 e. The first-order valence-corrected chi connectivity index (χ1v) is 6.46. The molecule has 1 aliphatic heterocycles. The molecule has 1 aliphatic rings. The summed E-state index contributed by atoms with van der Waals surface area (Å²) in [5.74, 6) is 0. The van der Waals surface area contributed by atoms with E-state index in [4.69, 9.17) is 11.6 Å². The number of rotatable bonds is 3. The van der Waals surface area contributed by atoms with E-state index in [-0.39, 0.29) is 0 Å². The van der Waals surface area contributed by atoms with E-state index >= 15 is 0 Å². The average Bonchev–Trinajstić information content (AvgIpc) is 2.93. The molecule has 0 amide bonds. The van der Waals surface area contributed by atoms with Crippen molar-refractivity contribution in [2.24, 2.45) is 4.99 Å². The van der Waals surface area contributed by atoms with Crippen LogP contribution in [0.4, 0.5) is 0 Å². The molecule has 4 heteroatoms. The third-order valence-electron chi connectivity index (χ3n) is 2.98. The molecule has 1 aromatic heterocycles. The Morgan fingerprint density at radius 3 is 2.95 bits per heavy atom. The summed E-state index contributed by atoms with van der Waals surface area (Å²) in [7, 11) is 0. The number of halogens is 1. The highest BCUT2D eigenvalue weighted by molar-refractivity contribution is 6.28. The first-order chi connectivity index (χ1) is 9.31. The zero-order valence-corrected chi connectivity index (χ0v) is 11.0. The Bertz CT molecular complexity index is 662. The quantitative estimate of drug-likeness (QED) is 0.803. The summed E-state index contributed by atoms with van der Waals surface area (Å²) in [6.45, 7) is 0.779. The Labute approximate surface area is 116 Å².